The van der Waals surface area contributed by atoms with Crippen molar-refractivity contribution in [1.82, 2.24) is 4.90 Å². The molecule has 0 saturated carbocycles. The van der Waals surface area contributed by atoms with Crippen molar-refractivity contribution in [2.75, 3.05) is 13.1 Å². The number of nitrogens with zero attached hydrogens (tertiary/aromatic N) is 2. The van der Waals surface area contributed by atoms with Crippen molar-refractivity contribution < 1.29 is 14.8 Å². The van der Waals surface area contributed by atoms with Gasteiger partial charge in [0.05, 0.1) is 4.92 Å². The van der Waals surface area contributed by atoms with Gasteiger partial charge in [0, 0.05) is 19.2 Å². The molecular weight excluding hydrogens is 248 g/mol. The van der Waals surface area contributed by atoms with Gasteiger partial charge in [-0.1, -0.05) is 13.3 Å². The van der Waals surface area contributed by atoms with Crippen LogP contribution in [0.2, 0.25) is 0 Å². The Morgan fingerprint density at radius 3 is 2.63 bits per heavy atom. The molecule has 1 rings (SSSR count). The fourth-order valence-corrected chi connectivity index (χ4v) is 1.78. The number of carbonyl (C=O) groups excluding carboxylic acids is 1. The average Bonchev–Trinajstić information content (AvgIpc) is 2.38. The van der Waals surface area contributed by atoms with Crippen molar-refractivity contribution in [2.45, 2.75) is 26.7 Å². The Morgan fingerprint density at radius 2 is 2.11 bits per heavy atom. The van der Waals surface area contributed by atoms with E-state index >= 15 is 0 Å². The summed E-state index contributed by atoms with van der Waals surface area (Å²) in [6.07, 6.45) is 1.78. The number of nitro groups is 1. The Hall–Kier alpha value is -2.11. The number of rotatable bonds is 6. The van der Waals surface area contributed by atoms with Crippen LogP contribution in [0.25, 0.3) is 0 Å². The predicted octanol–water partition coefficient (Wildman–Crippen LogP) is 2.56. The molecule has 0 aliphatic heterocycles. The molecule has 0 aromatic heterocycles. The highest BCUT2D eigenvalue weighted by atomic mass is 16.6. The minimum Gasteiger partial charge on any atom is -0.508 e. The second-order valence-electron chi connectivity index (χ2n) is 4.20. The van der Waals surface area contributed by atoms with Crippen molar-refractivity contribution in [2.24, 2.45) is 0 Å². The van der Waals surface area contributed by atoms with Gasteiger partial charge < -0.3 is 10.0 Å². The third kappa shape index (κ3) is 3.67. The van der Waals surface area contributed by atoms with Crippen LogP contribution in [0, 0.1) is 10.1 Å². The molecule has 1 amide bonds. The van der Waals surface area contributed by atoms with Crippen molar-refractivity contribution in [3.63, 3.8) is 0 Å². The summed E-state index contributed by atoms with van der Waals surface area (Å²) in [7, 11) is 0. The zero-order valence-corrected chi connectivity index (χ0v) is 11.1. The van der Waals surface area contributed by atoms with E-state index in [2.05, 4.69) is 0 Å². The molecule has 0 aliphatic rings. The summed E-state index contributed by atoms with van der Waals surface area (Å²) in [6.45, 7) is 4.86. The quantitative estimate of drug-likeness (QED) is 0.633. The molecule has 1 aromatic rings. The Labute approximate surface area is 111 Å². The van der Waals surface area contributed by atoms with Gasteiger partial charge in [-0.25, -0.2) is 0 Å². The van der Waals surface area contributed by atoms with Crippen molar-refractivity contribution in [1.29, 1.82) is 0 Å². The molecule has 0 atom stereocenters. The van der Waals surface area contributed by atoms with E-state index in [4.69, 9.17) is 0 Å². The van der Waals surface area contributed by atoms with E-state index in [0.29, 0.717) is 13.1 Å². The number of phenolic OH excluding ortho intramolecular Hbond substituents is 1. The summed E-state index contributed by atoms with van der Waals surface area (Å²) in [4.78, 5) is 24.1. The van der Waals surface area contributed by atoms with Crippen LogP contribution in [0.5, 0.6) is 5.75 Å². The van der Waals surface area contributed by atoms with Crippen molar-refractivity contribution in [3.8, 4) is 5.75 Å². The van der Waals surface area contributed by atoms with E-state index in [9.17, 15) is 20.0 Å². The minimum absolute atomic E-state index is 0.0667. The number of benzene rings is 1. The molecular formula is C13H18N2O4. The number of hydrogen-bond acceptors (Lipinski definition) is 4. The van der Waals surface area contributed by atoms with Gasteiger partial charge in [0.1, 0.15) is 11.3 Å². The normalized spacial score (nSPS) is 10.2. The molecule has 1 aromatic carbocycles. The van der Waals surface area contributed by atoms with E-state index in [1.807, 2.05) is 13.8 Å². The maximum Gasteiger partial charge on any atom is 0.282 e. The smallest absolute Gasteiger partial charge is 0.282 e. The third-order valence-corrected chi connectivity index (χ3v) is 2.86. The van der Waals surface area contributed by atoms with Crippen LogP contribution in [0.1, 0.15) is 37.0 Å². The minimum atomic E-state index is -0.611. The number of carbonyl (C=O) groups is 1. The average molecular weight is 266 g/mol. The van der Waals surface area contributed by atoms with Crippen LogP contribution in [0.4, 0.5) is 5.69 Å². The molecule has 0 fully saturated rings. The number of phenols is 1. The van der Waals surface area contributed by atoms with Gasteiger partial charge in [-0.2, -0.15) is 0 Å². The summed E-state index contributed by atoms with van der Waals surface area (Å²) >= 11 is 0. The van der Waals surface area contributed by atoms with E-state index in [1.54, 1.807) is 4.90 Å². The number of nitro benzene ring substituents is 1. The highest BCUT2D eigenvalue weighted by molar-refractivity contribution is 5.98. The van der Waals surface area contributed by atoms with Gasteiger partial charge >= 0.3 is 0 Å². The summed E-state index contributed by atoms with van der Waals surface area (Å²) in [5.74, 6) is -0.570. The summed E-state index contributed by atoms with van der Waals surface area (Å²) in [5, 5.41) is 20.3. The number of aromatic hydroxyl groups is 1. The summed E-state index contributed by atoms with van der Waals surface area (Å²) in [5.41, 5.74) is -0.347. The molecule has 0 heterocycles. The molecule has 0 unspecified atom stereocenters. The monoisotopic (exact) mass is 266 g/mol. The lowest BCUT2D eigenvalue weighted by Crippen LogP contribution is -2.32. The standard InChI is InChI=1S/C13H18N2O4/c1-3-5-8-14(4-2)13(17)11-9-10(16)6-7-12(11)15(18)19/h6-7,9,16H,3-5,8H2,1-2H3. The first-order valence-electron chi connectivity index (χ1n) is 6.27. The third-order valence-electron chi connectivity index (χ3n) is 2.86. The predicted molar refractivity (Wildman–Crippen MR) is 71.2 cm³/mol. The zero-order valence-electron chi connectivity index (χ0n) is 11.1. The lowest BCUT2D eigenvalue weighted by atomic mass is 10.1. The maximum atomic E-state index is 12.3. The maximum absolute atomic E-state index is 12.3. The SMILES string of the molecule is CCCCN(CC)C(=O)c1cc(O)ccc1[N+](=O)[O-]. The fraction of sp³-hybridized carbons (Fsp3) is 0.462. The second-order valence-corrected chi connectivity index (χ2v) is 4.20. The van der Waals surface area contributed by atoms with Crippen LogP contribution < -0.4 is 0 Å². The van der Waals surface area contributed by atoms with Crippen molar-refractivity contribution >= 4 is 11.6 Å². The van der Waals surface area contributed by atoms with Gasteiger partial charge in [-0.05, 0) is 25.5 Å². The molecule has 0 spiro atoms. The van der Waals surface area contributed by atoms with E-state index in [-0.39, 0.29) is 17.0 Å². The van der Waals surface area contributed by atoms with E-state index < -0.39 is 10.8 Å². The van der Waals surface area contributed by atoms with E-state index in [1.165, 1.54) is 6.07 Å². The lowest BCUT2D eigenvalue weighted by Gasteiger charge is -2.20. The second kappa shape index (κ2) is 6.72. The highest BCUT2D eigenvalue weighted by Gasteiger charge is 2.24. The van der Waals surface area contributed by atoms with Gasteiger partial charge in [0.15, 0.2) is 0 Å². The summed E-state index contributed by atoms with van der Waals surface area (Å²) < 4.78 is 0. The topological polar surface area (TPSA) is 83.7 Å². The van der Waals surface area contributed by atoms with Crippen molar-refractivity contribution in [3.05, 3.63) is 33.9 Å². The molecule has 6 heteroatoms. The Morgan fingerprint density at radius 1 is 1.42 bits per heavy atom. The molecule has 6 nitrogen and oxygen atoms in total. The number of amides is 1. The first-order valence-corrected chi connectivity index (χ1v) is 6.27. The van der Waals surface area contributed by atoms with Gasteiger partial charge in [0.2, 0.25) is 0 Å². The summed E-state index contributed by atoms with van der Waals surface area (Å²) in [6, 6.07) is 3.50. The molecule has 19 heavy (non-hydrogen) atoms. The van der Waals surface area contributed by atoms with Crippen LogP contribution >= 0.6 is 0 Å². The molecule has 0 bridgehead atoms. The zero-order chi connectivity index (χ0) is 14.4. The molecule has 0 saturated heterocycles. The van der Waals surface area contributed by atoms with Gasteiger partial charge in [-0.3, -0.25) is 14.9 Å². The van der Waals surface area contributed by atoms with Crippen LogP contribution in [-0.4, -0.2) is 33.9 Å². The lowest BCUT2D eigenvalue weighted by molar-refractivity contribution is -0.385. The van der Waals surface area contributed by atoms with Crippen LogP contribution in [0.3, 0.4) is 0 Å². The first-order chi connectivity index (χ1) is 9.01. The molecule has 0 aliphatic carbocycles. The van der Waals surface area contributed by atoms with Gasteiger partial charge in [-0.15, -0.1) is 0 Å². The van der Waals surface area contributed by atoms with Gasteiger partial charge in [0.25, 0.3) is 11.6 Å². The highest BCUT2D eigenvalue weighted by Crippen LogP contribution is 2.24. The number of hydrogen-bond donors (Lipinski definition) is 1. The largest absolute Gasteiger partial charge is 0.508 e. The Balaban J connectivity index is 3.09. The molecule has 0 radical (unpaired) electrons. The number of unbranched alkanes of at least 4 members (excludes halogenated alkanes) is 1. The van der Waals surface area contributed by atoms with Crippen LogP contribution in [-0.2, 0) is 0 Å². The van der Waals surface area contributed by atoms with E-state index in [0.717, 1.165) is 25.0 Å². The Bertz CT molecular complexity index is 474. The molecule has 1 N–H and O–H groups in total. The fourth-order valence-electron chi connectivity index (χ4n) is 1.78. The Kier molecular flexibility index (Phi) is 5.29. The molecule has 104 valence electrons. The first kappa shape index (κ1) is 14.9. The van der Waals surface area contributed by atoms with Crippen LogP contribution in [0.15, 0.2) is 18.2 Å².